The van der Waals surface area contributed by atoms with Crippen molar-refractivity contribution in [2.75, 3.05) is 16.8 Å². The fraction of sp³-hybridized carbons (Fsp3) is 0.136. The Morgan fingerprint density at radius 3 is 2.66 bits per heavy atom. The fourth-order valence-electron chi connectivity index (χ4n) is 4.28. The number of rotatable bonds is 2. The van der Waals surface area contributed by atoms with E-state index in [-0.39, 0.29) is 30.6 Å². The largest absolute Gasteiger partial charge is 0.310 e. The van der Waals surface area contributed by atoms with Crippen molar-refractivity contribution >= 4 is 23.3 Å². The molecular weight excluding hydrogens is 371 g/mol. The maximum absolute atomic E-state index is 13.6. The molecular formula is C22H15FN4O2. The first-order valence-electron chi connectivity index (χ1n) is 9.05. The first-order valence-corrected chi connectivity index (χ1v) is 9.05. The van der Waals surface area contributed by atoms with E-state index in [1.165, 1.54) is 21.7 Å². The number of carbonyl (C=O) groups excluding carboxylic acids is 2. The summed E-state index contributed by atoms with van der Waals surface area (Å²) >= 11 is 0. The second kappa shape index (κ2) is 6.04. The molecule has 0 aliphatic carbocycles. The summed E-state index contributed by atoms with van der Waals surface area (Å²) in [6.45, 7) is 0.112. The van der Waals surface area contributed by atoms with Gasteiger partial charge < -0.3 is 5.32 Å². The Kier molecular flexibility index (Phi) is 3.58. The zero-order valence-electron chi connectivity index (χ0n) is 15.2. The van der Waals surface area contributed by atoms with Crippen molar-refractivity contribution in [3.63, 3.8) is 0 Å². The molecule has 5 rings (SSSR count). The highest BCUT2D eigenvalue weighted by Gasteiger charge is 2.56. The van der Waals surface area contributed by atoms with Crippen LogP contribution in [0.4, 0.5) is 15.9 Å². The van der Waals surface area contributed by atoms with Crippen molar-refractivity contribution in [3.05, 3.63) is 71.7 Å². The highest BCUT2D eigenvalue weighted by molar-refractivity contribution is 6.16. The number of anilines is 2. The van der Waals surface area contributed by atoms with E-state index < -0.39 is 5.41 Å². The van der Waals surface area contributed by atoms with E-state index >= 15 is 0 Å². The number of aromatic nitrogens is 2. The summed E-state index contributed by atoms with van der Waals surface area (Å²) in [6.07, 6.45) is 7.04. The van der Waals surface area contributed by atoms with Crippen LogP contribution in [0.1, 0.15) is 17.5 Å². The van der Waals surface area contributed by atoms with E-state index in [2.05, 4.69) is 16.3 Å². The SMILES string of the molecule is C#CCN1C(=O)[C@@]2(CC(=O)Nc3c2cnn3-c2ccc(F)cc2)c2ccccc21. The fourth-order valence-corrected chi connectivity index (χ4v) is 4.28. The quantitative estimate of drug-likeness (QED) is 0.689. The first-order chi connectivity index (χ1) is 14.1. The molecule has 2 amide bonds. The molecule has 2 aliphatic heterocycles. The molecule has 0 saturated carbocycles. The minimum atomic E-state index is -1.19. The summed E-state index contributed by atoms with van der Waals surface area (Å²) < 4.78 is 14.8. The van der Waals surface area contributed by atoms with Gasteiger partial charge in [0.05, 0.1) is 18.4 Å². The molecule has 0 radical (unpaired) electrons. The Bertz CT molecular complexity index is 1210. The van der Waals surface area contributed by atoms with E-state index in [0.29, 0.717) is 22.8 Å². The number of hydrogen-bond donors (Lipinski definition) is 1. The highest BCUT2D eigenvalue weighted by atomic mass is 19.1. The van der Waals surface area contributed by atoms with Gasteiger partial charge >= 0.3 is 0 Å². The molecule has 3 heterocycles. The lowest BCUT2D eigenvalue weighted by molar-refractivity contribution is -0.126. The molecule has 2 aliphatic rings. The average molecular weight is 386 g/mol. The molecule has 6 nitrogen and oxygen atoms in total. The normalized spacial score (nSPS) is 19.7. The number of para-hydroxylation sites is 1. The van der Waals surface area contributed by atoms with Crippen molar-refractivity contribution < 1.29 is 14.0 Å². The molecule has 0 saturated heterocycles. The van der Waals surface area contributed by atoms with Gasteiger partial charge in [-0.05, 0) is 35.9 Å². The Labute approximate surface area is 165 Å². The van der Waals surface area contributed by atoms with Crippen LogP contribution in [0, 0.1) is 18.2 Å². The van der Waals surface area contributed by atoms with E-state index in [1.807, 2.05) is 24.3 Å². The number of hydrogen-bond acceptors (Lipinski definition) is 3. The van der Waals surface area contributed by atoms with Crippen molar-refractivity contribution in [2.24, 2.45) is 0 Å². The van der Waals surface area contributed by atoms with Crippen LogP contribution in [0.5, 0.6) is 0 Å². The lowest BCUT2D eigenvalue weighted by Crippen LogP contribution is -2.46. The van der Waals surface area contributed by atoms with Crippen LogP contribution in [-0.2, 0) is 15.0 Å². The van der Waals surface area contributed by atoms with Crippen LogP contribution >= 0.6 is 0 Å². The summed E-state index contributed by atoms with van der Waals surface area (Å²) in [5, 5.41) is 7.23. The number of amides is 2. The number of nitrogens with one attached hydrogen (secondary N) is 1. The second-order valence-electron chi connectivity index (χ2n) is 7.04. The molecule has 142 valence electrons. The lowest BCUT2D eigenvalue weighted by Gasteiger charge is -2.32. The minimum Gasteiger partial charge on any atom is -0.310 e. The Morgan fingerprint density at radius 1 is 1.14 bits per heavy atom. The Balaban J connectivity index is 1.75. The summed E-state index contributed by atoms with van der Waals surface area (Å²) in [4.78, 5) is 27.8. The number of carbonyl (C=O) groups is 2. The smallest absolute Gasteiger partial charge is 0.243 e. The van der Waals surface area contributed by atoms with Gasteiger partial charge in [-0.1, -0.05) is 24.1 Å². The van der Waals surface area contributed by atoms with Gasteiger partial charge in [0.25, 0.3) is 0 Å². The van der Waals surface area contributed by atoms with Crippen LogP contribution in [0.15, 0.2) is 54.7 Å². The Hall–Kier alpha value is -3.92. The standard InChI is InChI=1S/C22H15FN4O2/c1-2-11-26-18-6-4-3-5-16(18)22(21(26)29)12-19(28)25-20-17(22)13-24-27(20)15-9-7-14(23)8-10-15/h1,3-10,13H,11-12H2,(H,25,28)/t22-/m0/s1. The van der Waals surface area contributed by atoms with Crippen molar-refractivity contribution in [3.8, 4) is 18.0 Å². The molecule has 0 fully saturated rings. The summed E-state index contributed by atoms with van der Waals surface area (Å²) in [6, 6.07) is 13.1. The minimum absolute atomic E-state index is 0.0357. The van der Waals surface area contributed by atoms with Crippen LogP contribution in [0.3, 0.4) is 0 Å². The third-order valence-electron chi connectivity index (χ3n) is 5.50. The molecule has 1 atom stereocenters. The first kappa shape index (κ1) is 17.2. The van der Waals surface area contributed by atoms with Gasteiger partial charge in [0.1, 0.15) is 17.1 Å². The number of halogens is 1. The molecule has 0 bridgehead atoms. The maximum Gasteiger partial charge on any atom is 0.243 e. The molecule has 1 aromatic heterocycles. The van der Waals surface area contributed by atoms with E-state index in [4.69, 9.17) is 6.42 Å². The van der Waals surface area contributed by atoms with Gasteiger partial charge in [-0.15, -0.1) is 6.42 Å². The molecule has 29 heavy (non-hydrogen) atoms. The monoisotopic (exact) mass is 386 g/mol. The summed E-state index contributed by atoms with van der Waals surface area (Å²) in [5.74, 6) is 2.01. The molecule has 1 N–H and O–H groups in total. The number of benzene rings is 2. The second-order valence-corrected chi connectivity index (χ2v) is 7.04. The van der Waals surface area contributed by atoms with Crippen molar-refractivity contribution in [1.82, 2.24) is 9.78 Å². The zero-order valence-corrected chi connectivity index (χ0v) is 15.2. The van der Waals surface area contributed by atoms with Crippen LogP contribution in [0.2, 0.25) is 0 Å². The topological polar surface area (TPSA) is 67.2 Å². The molecule has 7 heteroatoms. The summed E-state index contributed by atoms with van der Waals surface area (Å²) in [5.41, 5.74) is 1.41. The Morgan fingerprint density at radius 2 is 1.90 bits per heavy atom. The van der Waals surface area contributed by atoms with Crippen molar-refractivity contribution in [2.45, 2.75) is 11.8 Å². The third kappa shape index (κ3) is 2.26. The van der Waals surface area contributed by atoms with Gasteiger partial charge in [0, 0.05) is 17.7 Å². The van der Waals surface area contributed by atoms with Crippen molar-refractivity contribution in [1.29, 1.82) is 0 Å². The summed E-state index contributed by atoms with van der Waals surface area (Å²) in [7, 11) is 0. The predicted molar refractivity (Wildman–Crippen MR) is 105 cm³/mol. The van der Waals surface area contributed by atoms with Gasteiger partial charge in [-0.25, -0.2) is 9.07 Å². The molecule has 2 aromatic carbocycles. The number of terminal acetylenes is 1. The van der Waals surface area contributed by atoms with Gasteiger partial charge in [-0.2, -0.15) is 5.10 Å². The maximum atomic E-state index is 13.6. The average Bonchev–Trinajstić information content (AvgIpc) is 3.24. The molecule has 0 unspecified atom stereocenters. The third-order valence-corrected chi connectivity index (χ3v) is 5.50. The van der Waals surface area contributed by atoms with E-state index in [0.717, 1.165) is 5.56 Å². The number of nitrogens with zero attached hydrogens (tertiary/aromatic N) is 3. The molecule has 3 aromatic rings. The lowest BCUT2D eigenvalue weighted by atomic mass is 9.72. The van der Waals surface area contributed by atoms with Crippen LogP contribution in [-0.4, -0.2) is 28.1 Å². The van der Waals surface area contributed by atoms with Crippen LogP contribution < -0.4 is 10.2 Å². The predicted octanol–water partition coefficient (Wildman–Crippen LogP) is 2.62. The zero-order chi connectivity index (χ0) is 20.2. The highest BCUT2D eigenvalue weighted by Crippen LogP contribution is 2.52. The van der Waals surface area contributed by atoms with Gasteiger partial charge in [0.15, 0.2) is 0 Å². The molecule has 1 spiro atoms. The number of fused-ring (bicyclic) bond motifs is 4. The van der Waals surface area contributed by atoms with Gasteiger partial charge in [0.2, 0.25) is 11.8 Å². The van der Waals surface area contributed by atoms with E-state index in [1.54, 1.807) is 18.3 Å². The van der Waals surface area contributed by atoms with Crippen LogP contribution in [0.25, 0.3) is 5.69 Å². The van der Waals surface area contributed by atoms with E-state index in [9.17, 15) is 14.0 Å². The van der Waals surface area contributed by atoms with Gasteiger partial charge in [-0.3, -0.25) is 14.5 Å².